The van der Waals surface area contributed by atoms with E-state index in [1.165, 1.54) is 12.3 Å². The number of H-pyrrole nitrogens is 1. The highest BCUT2D eigenvalue weighted by atomic mass is 19.1. The lowest BCUT2D eigenvalue weighted by molar-refractivity contribution is 0.0910. The van der Waals surface area contributed by atoms with Gasteiger partial charge in [0, 0.05) is 5.56 Å². The second-order valence-electron chi connectivity index (χ2n) is 4.60. The summed E-state index contributed by atoms with van der Waals surface area (Å²) < 4.78 is 13.2. The molecule has 0 fully saturated rings. The van der Waals surface area contributed by atoms with Crippen LogP contribution >= 0.6 is 0 Å². The van der Waals surface area contributed by atoms with Crippen LogP contribution in [0, 0.1) is 5.82 Å². The largest absolute Gasteiger partial charge is 0.505 e. The van der Waals surface area contributed by atoms with Gasteiger partial charge < -0.3 is 10.4 Å². The number of rotatable bonds is 3. The zero-order chi connectivity index (χ0) is 14.0. The van der Waals surface area contributed by atoms with E-state index < -0.39 is 23.0 Å². The van der Waals surface area contributed by atoms with Crippen molar-refractivity contribution in [2.24, 2.45) is 0 Å². The van der Waals surface area contributed by atoms with Crippen molar-refractivity contribution in [1.29, 1.82) is 0 Å². The number of carbonyl (C=O) groups is 1. The molecule has 0 spiro atoms. The molecule has 0 saturated heterocycles. The van der Waals surface area contributed by atoms with Crippen molar-refractivity contribution >= 4 is 5.91 Å². The van der Waals surface area contributed by atoms with Crippen LogP contribution in [0.5, 0.6) is 5.75 Å². The fourth-order valence-corrected chi connectivity index (χ4v) is 1.57. The highest BCUT2D eigenvalue weighted by Gasteiger charge is 2.26. The van der Waals surface area contributed by atoms with Crippen molar-refractivity contribution in [3.05, 3.63) is 41.5 Å². The summed E-state index contributed by atoms with van der Waals surface area (Å²) in [6, 6.07) is 3.45. The molecule has 0 unspecified atom stereocenters. The summed E-state index contributed by atoms with van der Waals surface area (Å²) in [4.78, 5) is 12.0. The molecule has 0 atom stereocenters. The highest BCUT2D eigenvalue weighted by molar-refractivity contribution is 5.94. The SMILES string of the molecule is CC(C)(NC(=O)c1ccc(O)c(F)c1)c1cn[nH]n1. The van der Waals surface area contributed by atoms with Crippen molar-refractivity contribution in [2.75, 3.05) is 0 Å². The number of amides is 1. The lowest BCUT2D eigenvalue weighted by Gasteiger charge is -2.23. The number of aromatic amines is 1. The first-order valence-corrected chi connectivity index (χ1v) is 5.57. The van der Waals surface area contributed by atoms with Crippen LogP contribution < -0.4 is 5.32 Å². The molecule has 2 rings (SSSR count). The van der Waals surface area contributed by atoms with E-state index in [0.717, 1.165) is 12.1 Å². The summed E-state index contributed by atoms with van der Waals surface area (Å²) in [6.07, 6.45) is 1.50. The van der Waals surface area contributed by atoms with Gasteiger partial charge in [-0.05, 0) is 32.0 Å². The molecule has 0 bridgehead atoms. The number of aromatic nitrogens is 3. The van der Waals surface area contributed by atoms with Crippen molar-refractivity contribution < 1.29 is 14.3 Å². The lowest BCUT2D eigenvalue weighted by Crippen LogP contribution is -2.41. The first-order chi connectivity index (χ1) is 8.90. The molecular formula is C12H13FN4O2. The van der Waals surface area contributed by atoms with Crippen LogP contribution in [0.2, 0.25) is 0 Å². The van der Waals surface area contributed by atoms with Gasteiger partial charge in [0.1, 0.15) is 5.69 Å². The van der Waals surface area contributed by atoms with Crippen LogP contribution in [0.3, 0.4) is 0 Å². The van der Waals surface area contributed by atoms with E-state index in [2.05, 4.69) is 20.7 Å². The third kappa shape index (κ3) is 2.70. The van der Waals surface area contributed by atoms with E-state index in [1.807, 2.05) is 0 Å². The first-order valence-electron chi connectivity index (χ1n) is 5.57. The zero-order valence-electron chi connectivity index (χ0n) is 10.4. The summed E-state index contributed by atoms with van der Waals surface area (Å²) in [5.41, 5.74) is -0.0784. The fourth-order valence-electron chi connectivity index (χ4n) is 1.57. The number of hydrogen-bond donors (Lipinski definition) is 3. The van der Waals surface area contributed by atoms with Crippen molar-refractivity contribution in [1.82, 2.24) is 20.7 Å². The molecule has 19 heavy (non-hydrogen) atoms. The molecule has 2 aromatic rings. The molecular weight excluding hydrogens is 251 g/mol. The number of phenols is 1. The third-order valence-corrected chi connectivity index (χ3v) is 2.69. The molecule has 3 N–H and O–H groups in total. The Balaban J connectivity index is 2.19. The van der Waals surface area contributed by atoms with E-state index in [1.54, 1.807) is 13.8 Å². The summed E-state index contributed by atoms with van der Waals surface area (Å²) in [5, 5.41) is 21.8. The maximum absolute atomic E-state index is 13.2. The second-order valence-corrected chi connectivity index (χ2v) is 4.60. The molecule has 1 heterocycles. The Bertz CT molecular complexity index is 596. The number of aromatic hydroxyl groups is 1. The van der Waals surface area contributed by atoms with Gasteiger partial charge in [-0.3, -0.25) is 4.79 Å². The molecule has 1 amide bonds. The van der Waals surface area contributed by atoms with Gasteiger partial charge in [-0.2, -0.15) is 15.4 Å². The molecule has 1 aromatic carbocycles. The number of nitrogens with zero attached hydrogens (tertiary/aromatic N) is 2. The maximum Gasteiger partial charge on any atom is 0.252 e. The minimum absolute atomic E-state index is 0.117. The Labute approximate surface area is 108 Å². The van der Waals surface area contributed by atoms with Gasteiger partial charge in [-0.15, -0.1) is 0 Å². The normalized spacial score (nSPS) is 11.3. The molecule has 1 aromatic heterocycles. The Morgan fingerprint density at radius 2 is 2.21 bits per heavy atom. The lowest BCUT2D eigenvalue weighted by atomic mass is 10.0. The molecule has 100 valence electrons. The molecule has 7 heteroatoms. The molecule has 0 saturated carbocycles. The third-order valence-electron chi connectivity index (χ3n) is 2.69. The standard InChI is InChI=1S/C12H13FN4O2/c1-12(2,10-6-14-17-16-10)15-11(19)7-3-4-9(18)8(13)5-7/h3-6,18H,1-2H3,(H,15,19)(H,14,16,17). The number of hydrogen-bond acceptors (Lipinski definition) is 4. The quantitative estimate of drug-likeness (QED) is 0.779. The van der Waals surface area contributed by atoms with Crippen LogP contribution in [0.25, 0.3) is 0 Å². The van der Waals surface area contributed by atoms with Gasteiger partial charge in [-0.1, -0.05) is 0 Å². The van der Waals surface area contributed by atoms with Crippen LogP contribution in [0.4, 0.5) is 4.39 Å². The average Bonchev–Trinajstić information content (AvgIpc) is 2.86. The first kappa shape index (κ1) is 13.0. The topological polar surface area (TPSA) is 90.9 Å². The van der Waals surface area contributed by atoms with E-state index >= 15 is 0 Å². The maximum atomic E-state index is 13.2. The van der Waals surface area contributed by atoms with Crippen LogP contribution in [0.1, 0.15) is 29.9 Å². The molecule has 0 aliphatic carbocycles. The number of benzene rings is 1. The van der Waals surface area contributed by atoms with E-state index in [0.29, 0.717) is 5.69 Å². The summed E-state index contributed by atoms with van der Waals surface area (Å²) in [5.74, 6) is -1.80. The van der Waals surface area contributed by atoms with Gasteiger partial charge in [0.2, 0.25) is 0 Å². The van der Waals surface area contributed by atoms with Crippen LogP contribution in [-0.4, -0.2) is 26.4 Å². The summed E-state index contributed by atoms with van der Waals surface area (Å²) in [6.45, 7) is 3.50. The number of halogens is 1. The zero-order valence-corrected chi connectivity index (χ0v) is 10.4. The molecule has 0 aliphatic heterocycles. The Hall–Kier alpha value is -2.44. The average molecular weight is 264 g/mol. The monoisotopic (exact) mass is 264 g/mol. The predicted molar refractivity (Wildman–Crippen MR) is 64.9 cm³/mol. The minimum Gasteiger partial charge on any atom is -0.505 e. The number of carbonyl (C=O) groups excluding carboxylic acids is 1. The van der Waals surface area contributed by atoms with E-state index in [4.69, 9.17) is 5.11 Å². The molecule has 6 nitrogen and oxygen atoms in total. The fraction of sp³-hybridized carbons (Fsp3) is 0.250. The smallest absolute Gasteiger partial charge is 0.252 e. The minimum atomic E-state index is -0.841. The van der Waals surface area contributed by atoms with Gasteiger partial charge in [-0.25, -0.2) is 4.39 Å². The van der Waals surface area contributed by atoms with E-state index in [9.17, 15) is 9.18 Å². The second kappa shape index (κ2) is 4.68. The predicted octanol–water partition coefficient (Wildman–Crippen LogP) is 1.31. The van der Waals surface area contributed by atoms with Gasteiger partial charge in [0.05, 0.1) is 11.7 Å². The van der Waals surface area contributed by atoms with Crippen molar-refractivity contribution in [3.8, 4) is 5.75 Å². The van der Waals surface area contributed by atoms with Crippen molar-refractivity contribution in [2.45, 2.75) is 19.4 Å². The summed E-state index contributed by atoms with van der Waals surface area (Å²) >= 11 is 0. The van der Waals surface area contributed by atoms with Crippen molar-refractivity contribution in [3.63, 3.8) is 0 Å². The van der Waals surface area contributed by atoms with Crippen LogP contribution in [-0.2, 0) is 5.54 Å². The summed E-state index contributed by atoms with van der Waals surface area (Å²) in [7, 11) is 0. The molecule has 0 aliphatic rings. The Morgan fingerprint density at radius 1 is 1.47 bits per heavy atom. The van der Waals surface area contributed by atoms with Gasteiger partial charge in [0.25, 0.3) is 5.91 Å². The number of nitrogens with one attached hydrogen (secondary N) is 2. The highest BCUT2D eigenvalue weighted by Crippen LogP contribution is 2.19. The van der Waals surface area contributed by atoms with Crippen LogP contribution in [0.15, 0.2) is 24.4 Å². The molecule has 0 radical (unpaired) electrons. The Morgan fingerprint density at radius 3 is 2.79 bits per heavy atom. The van der Waals surface area contributed by atoms with Gasteiger partial charge in [0.15, 0.2) is 11.6 Å². The number of phenolic OH excluding ortho intramolecular Hbond substituents is 1. The van der Waals surface area contributed by atoms with E-state index in [-0.39, 0.29) is 5.56 Å². The Kier molecular flexibility index (Phi) is 3.20. The van der Waals surface area contributed by atoms with Gasteiger partial charge >= 0.3 is 0 Å².